The zero-order valence-electron chi connectivity index (χ0n) is 17.2. The molecule has 6 heteroatoms. The minimum Gasteiger partial charge on any atom is -0.499 e. The lowest BCUT2D eigenvalue weighted by atomic mass is 10.2. The number of thiocarbonyl (C=S) groups is 2. The van der Waals surface area contributed by atoms with E-state index in [1.54, 1.807) is 36.4 Å². The van der Waals surface area contributed by atoms with Gasteiger partial charge in [-0.25, -0.2) is 0 Å². The smallest absolute Gasteiger partial charge is 0.198 e. The number of aliphatic hydroxyl groups is 1. The summed E-state index contributed by atoms with van der Waals surface area (Å²) in [5.74, 6) is 1.78. The SMILES string of the molecule is CCCCSc1ccc(C(=S)Oc2ccc(C#N)cc2)cc1.OC(=S)c1ccccc1. The van der Waals surface area contributed by atoms with Crippen molar-refractivity contribution in [1.82, 2.24) is 0 Å². The summed E-state index contributed by atoms with van der Waals surface area (Å²) >= 11 is 11.7. The van der Waals surface area contributed by atoms with Gasteiger partial charge >= 0.3 is 0 Å². The molecule has 1 N–H and O–H groups in total. The molecule has 0 saturated heterocycles. The van der Waals surface area contributed by atoms with Gasteiger partial charge in [0.15, 0.2) is 10.1 Å². The fraction of sp³-hybridized carbons (Fsp3) is 0.160. The van der Waals surface area contributed by atoms with E-state index in [1.807, 2.05) is 42.1 Å². The number of nitriles is 1. The van der Waals surface area contributed by atoms with Gasteiger partial charge in [-0.2, -0.15) is 5.26 Å². The molecule has 0 aliphatic heterocycles. The van der Waals surface area contributed by atoms with Crippen LogP contribution in [0.1, 0.15) is 36.5 Å². The predicted molar refractivity (Wildman–Crippen MR) is 136 cm³/mol. The molecule has 0 fully saturated rings. The van der Waals surface area contributed by atoms with Gasteiger partial charge < -0.3 is 9.84 Å². The highest BCUT2D eigenvalue weighted by Crippen LogP contribution is 2.21. The topological polar surface area (TPSA) is 53.2 Å². The molecule has 3 nitrogen and oxygen atoms in total. The molecule has 0 radical (unpaired) electrons. The standard InChI is InChI=1S/C18H17NOS2.C7H6OS/c1-2-3-12-22-17-10-6-15(7-11-17)18(21)20-16-8-4-14(13-19)5-9-16;8-7(9)6-4-2-1-3-5-6/h4-11H,2-3,12H2,1H3;1-5H,(H,8,9). The zero-order chi connectivity index (χ0) is 22.5. The van der Waals surface area contributed by atoms with Crippen molar-refractivity contribution in [2.24, 2.45) is 0 Å². The molecule has 158 valence electrons. The average molecular weight is 466 g/mol. The van der Waals surface area contributed by atoms with Crippen LogP contribution in [0.5, 0.6) is 5.75 Å². The van der Waals surface area contributed by atoms with Crippen molar-refractivity contribution in [1.29, 1.82) is 5.26 Å². The van der Waals surface area contributed by atoms with E-state index in [-0.39, 0.29) is 5.05 Å². The Morgan fingerprint density at radius 2 is 1.58 bits per heavy atom. The Morgan fingerprint density at radius 1 is 0.935 bits per heavy atom. The summed E-state index contributed by atoms with van der Waals surface area (Å²) in [6.45, 7) is 2.20. The van der Waals surface area contributed by atoms with Crippen molar-refractivity contribution in [2.45, 2.75) is 24.7 Å². The highest BCUT2D eigenvalue weighted by Gasteiger charge is 2.05. The van der Waals surface area contributed by atoms with Crippen LogP contribution in [0.25, 0.3) is 0 Å². The van der Waals surface area contributed by atoms with Crippen molar-refractivity contribution in [3.05, 3.63) is 95.6 Å². The molecule has 0 amide bonds. The van der Waals surface area contributed by atoms with E-state index in [0.717, 1.165) is 11.3 Å². The molecule has 0 aromatic heterocycles. The third-order valence-electron chi connectivity index (χ3n) is 4.07. The number of rotatable bonds is 7. The summed E-state index contributed by atoms with van der Waals surface area (Å²) in [6.07, 6.45) is 2.44. The molecule has 0 unspecified atom stereocenters. The molecule has 3 rings (SSSR count). The molecule has 0 spiro atoms. The molecule has 0 heterocycles. The van der Waals surface area contributed by atoms with E-state index in [2.05, 4.69) is 37.3 Å². The number of nitrogens with zero attached hydrogens (tertiary/aromatic N) is 1. The number of hydrogen-bond acceptors (Lipinski definition) is 5. The quantitative estimate of drug-likeness (QED) is 0.228. The minimum absolute atomic E-state index is 0.0457. The fourth-order valence-electron chi connectivity index (χ4n) is 2.37. The van der Waals surface area contributed by atoms with Gasteiger partial charge in [0, 0.05) is 16.0 Å². The molecule has 0 atom stereocenters. The highest BCUT2D eigenvalue weighted by atomic mass is 32.2. The summed E-state index contributed by atoms with van der Waals surface area (Å²) in [6, 6.07) is 26.2. The van der Waals surface area contributed by atoms with Gasteiger partial charge in [-0.05, 0) is 85.1 Å². The molecule has 0 aliphatic rings. The Bertz CT molecular complexity index is 1010. The maximum atomic E-state index is 8.77. The Morgan fingerprint density at radius 3 is 2.10 bits per heavy atom. The van der Waals surface area contributed by atoms with Crippen LogP contribution in [-0.2, 0) is 0 Å². The van der Waals surface area contributed by atoms with Gasteiger partial charge in [-0.15, -0.1) is 11.8 Å². The monoisotopic (exact) mass is 465 g/mol. The van der Waals surface area contributed by atoms with Crippen LogP contribution in [-0.4, -0.2) is 21.0 Å². The zero-order valence-corrected chi connectivity index (χ0v) is 19.6. The second kappa shape index (κ2) is 13.6. The van der Waals surface area contributed by atoms with Gasteiger partial charge in [0.2, 0.25) is 0 Å². The van der Waals surface area contributed by atoms with Gasteiger partial charge in [-0.3, -0.25) is 0 Å². The molecular formula is C25H23NO2S3. The first kappa shape index (κ1) is 24.5. The van der Waals surface area contributed by atoms with E-state index < -0.39 is 0 Å². The fourth-order valence-corrected chi connectivity index (χ4v) is 3.73. The summed E-state index contributed by atoms with van der Waals surface area (Å²) in [5.41, 5.74) is 2.19. The van der Waals surface area contributed by atoms with Crippen molar-refractivity contribution in [3.8, 4) is 11.8 Å². The van der Waals surface area contributed by atoms with E-state index in [9.17, 15) is 0 Å². The lowest BCUT2D eigenvalue weighted by Crippen LogP contribution is -2.06. The second-order valence-electron chi connectivity index (χ2n) is 6.42. The third kappa shape index (κ3) is 8.89. The number of hydrogen-bond donors (Lipinski definition) is 1. The first-order chi connectivity index (χ1) is 15.0. The Labute approximate surface area is 198 Å². The Kier molecular flexibility index (Phi) is 10.7. The van der Waals surface area contributed by atoms with Crippen LogP contribution >= 0.6 is 36.2 Å². The predicted octanol–water partition coefficient (Wildman–Crippen LogP) is 7.13. The number of unbranched alkanes of at least 4 members (excludes halogenated alkanes) is 1. The van der Waals surface area contributed by atoms with Crippen LogP contribution in [0, 0.1) is 11.3 Å². The van der Waals surface area contributed by atoms with Crippen LogP contribution in [0.2, 0.25) is 0 Å². The first-order valence-corrected chi connectivity index (χ1v) is 11.6. The van der Waals surface area contributed by atoms with Gasteiger partial charge in [0.1, 0.15) is 5.75 Å². The first-order valence-electron chi connectivity index (χ1n) is 9.77. The summed E-state index contributed by atoms with van der Waals surface area (Å²) < 4.78 is 5.65. The number of ether oxygens (including phenoxy) is 1. The Hall–Kier alpha value is -2.72. The summed E-state index contributed by atoms with van der Waals surface area (Å²) in [7, 11) is 0. The van der Waals surface area contributed by atoms with E-state index in [1.165, 1.54) is 17.7 Å². The molecule has 0 aliphatic carbocycles. The Balaban J connectivity index is 0.000000316. The van der Waals surface area contributed by atoms with Crippen molar-refractivity contribution < 1.29 is 9.84 Å². The molecule has 0 bridgehead atoms. The summed E-state index contributed by atoms with van der Waals surface area (Å²) in [5, 5.41) is 17.9. The molecule has 3 aromatic rings. The van der Waals surface area contributed by atoms with Crippen LogP contribution in [0.15, 0.2) is 83.8 Å². The van der Waals surface area contributed by atoms with Crippen molar-refractivity contribution in [3.63, 3.8) is 0 Å². The van der Waals surface area contributed by atoms with Gasteiger partial charge in [-0.1, -0.05) is 43.7 Å². The van der Waals surface area contributed by atoms with Gasteiger partial charge in [0.05, 0.1) is 11.6 Å². The third-order valence-corrected chi connectivity index (χ3v) is 5.72. The molecule has 3 aromatic carbocycles. The van der Waals surface area contributed by atoms with Crippen LogP contribution in [0.4, 0.5) is 0 Å². The largest absolute Gasteiger partial charge is 0.499 e. The lowest BCUT2D eigenvalue weighted by Gasteiger charge is -2.08. The van der Waals surface area contributed by atoms with E-state index in [0.29, 0.717) is 21.9 Å². The van der Waals surface area contributed by atoms with Crippen molar-refractivity contribution in [2.75, 3.05) is 5.75 Å². The second-order valence-corrected chi connectivity index (χ2v) is 8.35. The lowest BCUT2D eigenvalue weighted by molar-refractivity contribution is 0.566. The number of aliphatic hydroxyl groups excluding tert-OH is 1. The maximum absolute atomic E-state index is 8.77. The maximum Gasteiger partial charge on any atom is 0.198 e. The summed E-state index contributed by atoms with van der Waals surface area (Å²) in [4.78, 5) is 1.25. The number of benzene rings is 3. The van der Waals surface area contributed by atoms with Crippen molar-refractivity contribution >= 4 is 46.3 Å². The molecule has 0 saturated carbocycles. The van der Waals surface area contributed by atoms with E-state index in [4.69, 9.17) is 27.3 Å². The molecule has 31 heavy (non-hydrogen) atoms. The normalized spacial score (nSPS) is 9.68. The molecular weight excluding hydrogens is 442 g/mol. The van der Waals surface area contributed by atoms with Crippen LogP contribution < -0.4 is 4.74 Å². The number of thioether (sulfide) groups is 1. The highest BCUT2D eigenvalue weighted by molar-refractivity contribution is 7.99. The van der Waals surface area contributed by atoms with Gasteiger partial charge in [0.25, 0.3) is 0 Å². The minimum atomic E-state index is -0.0457. The average Bonchev–Trinajstić information content (AvgIpc) is 2.81. The van der Waals surface area contributed by atoms with Crippen LogP contribution in [0.3, 0.4) is 0 Å². The van der Waals surface area contributed by atoms with E-state index >= 15 is 0 Å².